The second-order valence-electron chi connectivity index (χ2n) is 6.88. The van der Waals surface area contributed by atoms with Gasteiger partial charge in [-0.3, -0.25) is 9.69 Å². The second kappa shape index (κ2) is 7.22. The Kier molecular flexibility index (Phi) is 5.05. The van der Waals surface area contributed by atoms with Gasteiger partial charge in [0.15, 0.2) is 0 Å². The standard InChI is InChI=1S/C20H26N2O2/c1-14(2)24-19-8-7-15-5-3-4-6-17(15)18(19)13-22-11-9-16(10-12-22)20(21)23/h3-8,14,16H,9-13H2,1-2H3,(H2,21,23). The number of piperidine rings is 1. The van der Waals surface area contributed by atoms with Gasteiger partial charge < -0.3 is 10.5 Å². The van der Waals surface area contributed by atoms with E-state index in [-0.39, 0.29) is 17.9 Å². The van der Waals surface area contributed by atoms with Crippen molar-refractivity contribution in [3.63, 3.8) is 0 Å². The van der Waals surface area contributed by atoms with Gasteiger partial charge in [-0.05, 0) is 56.6 Å². The monoisotopic (exact) mass is 326 g/mol. The van der Waals surface area contributed by atoms with Crippen LogP contribution in [0.2, 0.25) is 0 Å². The van der Waals surface area contributed by atoms with Crippen molar-refractivity contribution in [3.8, 4) is 5.75 Å². The molecule has 128 valence electrons. The molecule has 4 nitrogen and oxygen atoms in total. The van der Waals surface area contributed by atoms with E-state index in [2.05, 4.69) is 55.1 Å². The van der Waals surface area contributed by atoms with E-state index in [1.165, 1.54) is 16.3 Å². The van der Waals surface area contributed by atoms with Crippen molar-refractivity contribution in [1.82, 2.24) is 4.90 Å². The highest BCUT2D eigenvalue weighted by Gasteiger charge is 2.24. The van der Waals surface area contributed by atoms with Gasteiger partial charge in [0.25, 0.3) is 0 Å². The highest BCUT2D eigenvalue weighted by atomic mass is 16.5. The Balaban J connectivity index is 1.85. The van der Waals surface area contributed by atoms with E-state index in [1.54, 1.807) is 0 Å². The first-order chi connectivity index (χ1) is 11.5. The minimum atomic E-state index is -0.163. The number of carbonyl (C=O) groups excluding carboxylic acids is 1. The third-order valence-electron chi connectivity index (χ3n) is 4.73. The maximum absolute atomic E-state index is 11.4. The molecule has 4 heteroatoms. The summed E-state index contributed by atoms with van der Waals surface area (Å²) < 4.78 is 6.05. The first kappa shape index (κ1) is 16.8. The molecule has 0 aliphatic carbocycles. The van der Waals surface area contributed by atoms with Crippen molar-refractivity contribution < 1.29 is 9.53 Å². The van der Waals surface area contributed by atoms with Crippen molar-refractivity contribution in [2.75, 3.05) is 13.1 Å². The van der Waals surface area contributed by atoms with Gasteiger partial charge in [-0.15, -0.1) is 0 Å². The molecule has 0 bridgehead atoms. The normalized spacial score (nSPS) is 16.6. The molecule has 1 fully saturated rings. The number of nitrogens with zero attached hydrogens (tertiary/aromatic N) is 1. The predicted octanol–water partition coefficient (Wildman–Crippen LogP) is 3.32. The summed E-state index contributed by atoms with van der Waals surface area (Å²) in [6, 6.07) is 12.6. The largest absolute Gasteiger partial charge is 0.491 e. The molecule has 0 radical (unpaired) electrons. The first-order valence-electron chi connectivity index (χ1n) is 8.73. The highest BCUT2D eigenvalue weighted by Crippen LogP contribution is 2.31. The van der Waals surface area contributed by atoms with E-state index in [9.17, 15) is 4.79 Å². The zero-order valence-electron chi connectivity index (χ0n) is 14.5. The lowest BCUT2D eigenvalue weighted by Crippen LogP contribution is -2.38. The van der Waals surface area contributed by atoms with Gasteiger partial charge in [-0.25, -0.2) is 0 Å². The average molecular weight is 326 g/mol. The second-order valence-corrected chi connectivity index (χ2v) is 6.88. The molecule has 1 amide bonds. The maximum atomic E-state index is 11.4. The number of amides is 1. The number of rotatable bonds is 5. The topological polar surface area (TPSA) is 55.6 Å². The zero-order valence-corrected chi connectivity index (χ0v) is 14.5. The fourth-order valence-electron chi connectivity index (χ4n) is 3.44. The Morgan fingerprint density at radius 2 is 1.92 bits per heavy atom. The molecule has 24 heavy (non-hydrogen) atoms. The average Bonchev–Trinajstić information content (AvgIpc) is 2.57. The van der Waals surface area contributed by atoms with Crippen LogP contribution in [0.15, 0.2) is 36.4 Å². The number of fused-ring (bicyclic) bond motifs is 1. The number of nitrogens with two attached hydrogens (primary N) is 1. The Labute approximate surface area is 143 Å². The molecular weight excluding hydrogens is 300 g/mol. The fourth-order valence-corrected chi connectivity index (χ4v) is 3.44. The minimum absolute atomic E-state index is 0.0279. The number of primary amides is 1. The quantitative estimate of drug-likeness (QED) is 0.917. The van der Waals surface area contributed by atoms with Crippen LogP contribution in [0.1, 0.15) is 32.3 Å². The smallest absolute Gasteiger partial charge is 0.220 e. The van der Waals surface area contributed by atoms with E-state index >= 15 is 0 Å². The van der Waals surface area contributed by atoms with Crippen molar-refractivity contribution in [1.29, 1.82) is 0 Å². The number of ether oxygens (including phenoxy) is 1. The Hall–Kier alpha value is -2.07. The van der Waals surface area contributed by atoms with Gasteiger partial charge in [0.2, 0.25) is 5.91 Å². The molecule has 0 aromatic heterocycles. The molecule has 2 aromatic rings. The minimum Gasteiger partial charge on any atom is -0.491 e. The molecule has 1 aliphatic heterocycles. The summed E-state index contributed by atoms with van der Waals surface area (Å²) in [5.74, 6) is 0.824. The lowest BCUT2D eigenvalue weighted by Gasteiger charge is -2.31. The molecule has 0 saturated carbocycles. The third kappa shape index (κ3) is 3.70. The number of hydrogen-bond acceptors (Lipinski definition) is 3. The molecule has 0 unspecified atom stereocenters. The Morgan fingerprint density at radius 1 is 1.21 bits per heavy atom. The molecule has 2 aromatic carbocycles. The van der Waals surface area contributed by atoms with Gasteiger partial charge in [0.1, 0.15) is 5.75 Å². The van der Waals surface area contributed by atoms with Crippen LogP contribution in [0, 0.1) is 5.92 Å². The van der Waals surface area contributed by atoms with Gasteiger partial charge >= 0.3 is 0 Å². The van der Waals surface area contributed by atoms with Crippen LogP contribution >= 0.6 is 0 Å². The molecule has 2 N–H and O–H groups in total. The van der Waals surface area contributed by atoms with Gasteiger partial charge in [0, 0.05) is 18.0 Å². The Bertz CT molecular complexity index is 719. The van der Waals surface area contributed by atoms with Crippen molar-refractivity contribution in [2.24, 2.45) is 11.7 Å². The SMILES string of the molecule is CC(C)Oc1ccc2ccccc2c1CN1CCC(C(N)=O)CC1. The summed E-state index contributed by atoms with van der Waals surface area (Å²) in [5, 5.41) is 2.48. The van der Waals surface area contributed by atoms with Crippen LogP contribution in [-0.2, 0) is 11.3 Å². The van der Waals surface area contributed by atoms with Gasteiger partial charge in [-0.1, -0.05) is 30.3 Å². The summed E-state index contributed by atoms with van der Waals surface area (Å²) in [4.78, 5) is 13.8. The number of hydrogen-bond donors (Lipinski definition) is 1. The first-order valence-corrected chi connectivity index (χ1v) is 8.73. The summed E-state index contributed by atoms with van der Waals surface area (Å²) in [6.07, 6.45) is 1.84. The van der Waals surface area contributed by atoms with Crippen LogP contribution in [0.3, 0.4) is 0 Å². The van der Waals surface area contributed by atoms with Crippen LogP contribution in [-0.4, -0.2) is 30.0 Å². The van der Waals surface area contributed by atoms with Crippen molar-refractivity contribution in [3.05, 3.63) is 42.0 Å². The van der Waals surface area contributed by atoms with Gasteiger partial charge in [-0.2, -0.15) is 0 Å². The van der Waals surface area contributed by atoms with Crippen LogP contribution in [0.25, 0.3) is 10.8 Å². The number of benzene rings is 2. The van der Waals surface area contributed by atoms with Crippen LogP contribution in [0.5, 0.6) is 5.75 Å². The predicted molar refractivity (Wildman–Crippen MR) is 96.9 cm³/mol. The summed E-state index contributed by atoms with van der Waals surface area (Å²) >= 11 is 0. The summed E-state index contributed by atoms with van der Waals surface area (Å²) in [7, 11) is 0. The van der Waals surface area contributed by atoms with E-state index in [0.29, 0.717) is 0 Å². The van der Waals surface area contributed by atoms with Crippen LogP contribution < -0.4 is 10.5 Å². The van der Waals surface area contributed by atoms with E-state index in [1.807, 2.05) is 0 Å². The van der Waals surface area contributed by atoms with Gasteiger partial charge in [0.05, 0.1) is 6.10 Å². The van der Waals surface area contributed by atoms with E-state index < -0.39 is 0 Å². The molecule has 3 rings (SSSR count). The van der Waals surface area contributed by atoms with E-state index in [4.69, 9.17) is 10.5 Å². The zero-order chi connectivity index (χ0) is 17.1. The molecule has 0 spiro atoms. The number of carbonyl (C=O) groups is 1. The molecule has 1 aliphatic rings. The summed E-state index contributed by atoms with van der Waals surface area (Å²) in [5.41, 5.74) is 6.68. The third-order valence-corrected chi connectivity index (χ3v) is 4.73. The lowest BCUT2D eigenvalue weighted by molar-refractivity contribution is -0.123. The molecule has 1 heterocycles. The number of likely N-dealkylation sites (tertiary alicyclic amines) is 1. The fraction of sp³-hybridized carbons (Fsp3) is 0.450. The molecule has 0 atom stereocenters. The Morgan fingerprint density at radius 3 is 2.58 bits per heavy atom. The lowest BCUT2D eigenvalue weighted by atomic mass is 9.95. The van der Waals surface area contributed by atoms with Crippen molar-refractivity contribution in [2.45, 2.75) is 39.3 Å². The molecule has 1 saturated heterocycles. The molecular formula is C20H26N2O2. The summed E-state index contributed by atoms with van der Waals surface area (Å²) in [6.45, 7) is 6.75. The maximum Gasteiger partial charge on any atom is 0.220 e. The van der Waals surface area contributed by atoms with E-state index in [0.717, 1.165) is 38.2 Å². The highest BCUT2D eigenvalue weighted by molar-refractivity contribution is 5.87. The van der Waals surface area contributed by atoms with Crippen LogP contribution in [0.4, 0.5) is 0 Å². The van der Waals surface area contributed by atoms with Crippen molar-refractivity contribution >= 4 is 16.7 Å².